The Bertz CT molecular complexity index is 598. The Morgan fingerprint density at radius 3 is 2.05 bits per heavy atom. The van der Waals surface area contributed by atoms with Gasteiger partial charge in [-0.2, -0.15) is 8.42 Å². The molecule has 0 bridgehead atoms. The van der Waals surface area contributed by atoms with E-state index >= 15 is 0 Å². The lowest BCUT2D eigenvalue weighted by atomic mass is 10.2. The predicted molar refractivity (Wildman–Crippen MR) is 77.0 cm³/mol. The van der Waals surface area contributed by atoms with E-state index in [0.29, 0.717) is 0 Å². The number of anilines is 1. The zero-order valence-corrected chi connectivity index (χ0v) is 12.7. The highest BCUT2D eigenvalue weighted by Crippen LogP contribution is 2.06. The van der Waals surface area contributed by atoms with Crippen LogP contribution in [0.15, 0.2) is 34.7 Å². The molecule has 0 heterocycles. The largest absolute Gasteiger partial charge is 0.443 e. The Kier molecular flexibility index (Phi) is 7.69. The van der Waals surface area contributed by atoms with E-state index in [2.05, 4.69) is 9.10 Å². The number of hydrogen-bond donors (Lipinski definition) is 2. The molecular weight excluding hydrogens is 298 g/mol. The van der Waals surface area contributed by atoms with E-state index in [-0.39, 0.29) is 0 Å². The molecule has 1 aromatic carbocycles. The second kappa shape index (κ2) is 8.69. The van der Waals surface area contributed by atoms with Gasteiger partial charge in [0.2, 0.25) is 0 Å². The number of benzene rings is 1. The number of nitrogen functional groups attached to an aromatic ring is 1. The van der Waals surface area contributed by atoms with Crippen molar-refractivity contribution < 1.29 is 22.7 Å². The van der Waals surface area contributed by atoms with Gasteiger partial charge in [0.1, 0.15) is 5.60 Å². The number of nitrogens with two attached hydrogens (primary N) is 1. The maximum Gasteiger partial charge on any atom is 0.415 e. The minimum absolute atomic E-state index is 0.763. The number of para-hydroxylation sites is 1. The average Bonchev–Trinajstić information content (AvgIpc) is 2.26. The van der Waals surface area contributed by atoms with Gasteiger partial charge in [-0.05, 0) is 32.9 Å². The molecule has 9 heteroatoms. The summed E-state index contributed by atoms with van der Waals surface area (Å²) in [5.74, 6) is 0. The van der Waals surface area contributed by atoms with Crippen LogP contribution in [0.1, 0.15) is 20.8 Å². The maximum absolute atomic E-state index is 10.8. The first-order valence-corrected chi connectivity index (χ1v) is 6.79. The molecule has 0 aliphatic rings. The van der Waals surface area contributed by atoms with Gasteiger partial charge in [-0.25, -0.2) is 14.9 Å². The molecule has 0 unspecified atom stereocenters. The van der Waals surface area contributed by atoms with E-state index in [1.165, 1.54) is 0 Å². The number of alkyl carbamates (subject to hydrolysis) is 1. The summed E-state index contributed by atoms with van der Waals surface area (Å²) in [5.41, 5.74) is 5.42. The summed E-state index contributed by atoms with van der Waals surface area (Å²) in [7, 11) is -2.88. The standard InChI is InChI=1S/C6H10N2O5S.C6H7N/c1-6(2,3)13-5(10)7-4(9)8-14(11)12;7-6-4-2-1-3-5-6/h1-3H3,(H,7,9,10);1-5H,7H2. The zero-order chi connectivity index (χ0) is 16.5. The quantitative estimate of drug-likeness (QED) is 0.704. The van der Waals surface area contributed by atoms with Gasteiger partial charge in [0.25, 0.3) is 0 Å². The van der Waals surface area contributed by atoms with Crippen molar-refractivity contribution in [1.29, 1.82) is 0 Å². The molecule has 0 atom stereocenters. The van der Waals surface area contributed by atoms with Crippen molar-refractivity contribution in [1.82, 2.24) is 5.32 Å². The number of urea groups is 1. The molecule has 0 saturated carbocycles. The van der Waals surface area contributed by atoms with E-state index < -0.39 is 28.2 Å². The van der Waals surface area contributed by atoms with Gasteiger partial charge in [-0.15, -0.1) is 0 Å². The molecule has 0 aromatic heterocycles. The lowest BCUT2D eigenvalue weighted by Crippen LogP contribution is -2.34. The van der Waals surface area contributed by atoms with Gasteiger partial charge in [0.15, 0.2) is 0 Å². The third kappa shape index (κ3) is 12.4. The number of amides is 3. The monoisotopic (exact) mass is 315 g/mol. The minimum atomic E-state index is -2.88. The molecule has 0 saturated heterocycles. The highest BCUT2D eigenvalue weighted by Gasteiger charge is 2.17. The van der Waals surface area contributed by atoms with Crippen LogP contribution in [0, 0.1) is 0 Å². The van der Waals surface area contributed by atoms with Crippen LogP contribution in [0.4, 0.5) is 15.3 Å². The van der Waals surface area contributed by atoms with Crippen molar-refractivity contribution in [2.75, 3.05) is 5.73 Å². The normalized spacial score (nSPS) is 9.67. The lowest BCUT2D eigenvalue weighted by molar-refractivity contribution is 0.0550. The van der Waals surface area contributed by atoms with Gasteiger partial charge in [0, 0.05) is 5.69 Å². The van der Waals surface area contributed by atoms with Gasteiger partial charge in [0.05, 0.1) is 0 Å². The topological polar surface area (TPSA) is 128 Å². The van der Waals surface area contributed by atoms with Crippen LogP contribution in [0.2, 0.25) is 0 Å². The fourth-order valence-corrected chi connectivity index (χ4v) is 1.12. The second-order valence-electron chi connectivity index (χ2n) is 4.65. The van der Waals surface area contributed by atoms with Crippen molar-refractivity contribution in [3.8, 4) is 0 Å². The molecular formula is C12H17N3O5S. The zero-order valence-electron chi connectivity index (χ0n) is 11.9. The third-order valence-corrected chi connectivity index (χ3v) is 1.88. The lowest BCUT2D eigenvalue weighted by Gasteiger charge is -2.18. The van der Waals surface area contributed by atoms with E-state index in [0.717, 1.165) is 5.69 Å². The first-order chi connectivity index (χ1) is 9.60. The first-order valence-electron chi connectivity index (χ1n) is 5.76. The van der Waals surface area contributed by atoms with Crippen LogP contribution >= 0.6 is 0 Å². The molecule has 21 heavy (non-hydrogen) atoms. The van der Waals surface area contributed by atoms with Gasteiger partial charge in [-0.3, -0.25) is 0 Å². The number of nitrogens with zero attached hydrogens (tertiary/aromatic N) is 1. The summed E-state index contributed by atoms with van der Waals surface area (Å²) in [4.78, 5) is 21.4. The Morgan fingerprint density at radius 1 is 1.19 bits per heavy atom. The molecule has 3 N–H and O–H groups in total. The van der Waals surface area contributed by atoms with Crippen LogP contribution in [-0.4, -0.2) is 26.1 Å². The van der Waals surface area contributed by atoms with E-state index in [4.69, 9.17) is 5.73 Å². The second-order valence-corrected chi connectivity index (χ2v) is 5.27. The van der Waals surface area contributed by atoms with Gasteiger partial charge >= 0.3 is 22.6 Å². The van der Waals surface area contributed by atoms with Crippen LogP contribution in [0.5, 0.6) is 0 Å². The number of carbonyl (C=O) groups is 2. The first kappa shape index (κ1) is 18.6. The van der Waals surface area contributed by atoms with E-state index in [1.807, 2.05) is 30.3 Å². The Hall–Kier alpha value is -2.42. The van der Waals surface area contributed by atoms with Crippen molar-refractivity contribution in [3.63, 3.8) is 0 Å². The van der Waals surface area contributed by atoms with Crippen LogP contribution in [0.3, 0.4) is 0 Å². The number of rotatable bonds is 0. The average molecular weight is 315 g/mol. The molecule has 0 radical (unpaired) electrons. The molecule has 3 amide bonds. The van der Waals surface area contributed by atoms with Crippen molar-refractivity contribution >= 4 is 28.3 Å². The van der Waals surface area contributed by atoms with Crippen LogP contribution in [-0.2, 0) is 15.2 Å². The molecule has 1 rings (SSSR count). The fourth-order valence-electron chi connectivity index (χ4n) is 0.934. The predicted octanol–water partition coefficient (Wildman–Crippen LogP) is 1.96. The molecule has 116 valence electrons. The summed E-state index contributed by atoms with van der Waals surface area (Å²) in [5, 5.41) is 1.61. The fraction of sp³-hybridized carbons (Fsp3) is 0.333. The van der Waals surface area contributed by atoms with Gasteiger partial charge < -0.3 is 10.5 Å². The van der Waals surface area contributed by atoms with Crippen molar-refractivity contribution in [2.24, 2.45) is 4.36 Å². The molecule has 0 aliphatic carbocycles. The SMILES string of the molecule is CC(C)(C)OC(=O)NC(=O)N=S(=O)=O.Nc1ccccc1. The molecule has 0 aliphatic heterocycles. The number of hydrogen-bond acceptors (Lipinski definition) is 6. The van der Waals surface area contributed by atoms with Gasteiger partial charge in [-0.1, -0.05) is 22.6 Å². The molecule has 8 nitrogen and oxygen atoms in total. The molecule has 0 fully saturated rings. The summed E-state index contributed by atoms with van der Waals surface area (Å²) < 4.78 is 27.0. The van der Waals surface area contributed by atoms with Crippen LogP contribution in [0.25, 0.3) is 0 Å². The maximum atomic E-state index is 10.8. The molecule has 1 aromatic rings. The van der Waals surface area contributed by atoms with Crippen molar-refractivity contribution in [2.45, 2.75) is 26.4 Å². The number of nitrogens with one attached hydrogen (secondary N) is 1. The minimum Gasteiger partial charge on any atom is -0.443 e. The smallest absolute Gasteiger partial charge is 0.415 e. The van der Waals surface area contributed by atoms with E-state index in [1.54, 1.807) is 26.1 Å². The van der Waals surface area contributed by atoms with E-state index in [9.17, 15) is 18.0 Å². The summed E-state index contributed by atoms with van der Waals surface area (Å²) in [6, 6.07) is 8.20. The highest BCUT2D eigenvalue weighted by atomic mass is 32.2. The Labute approximate surface area is 124 Å². The number of carbonyl (C=O) groups excluding carboxylic acids is 2. The summed E-state index contributed by atoms with van der Waals surface area (Å²) >= 11 is 0. The van der Waals surface area contributed by atoms with Crippen LogP contribution < -0.4 is 11.1 Å². The van der Waals surface area contributed by atoms with Crippen molar-refractivity contribution in [3.05, 3.63) is 30.3 Å². The highest BCUT2D eigenvalue weighted by molar-refractivity contribution is 7.62. The third-order valence-electron chi connectivity index (χ3n) is 1.56. The Balaban J connectivity index is 0.000000471. The molecule has 0 spiro atoms. The Morgan fingerprint density at radius 2 is 1.71 bits per heavy atom. The summed E-state index contributed by atoms with van der Waals surface area (Å²) in [6.07, 6.45) is -1.04. The number of ether oxygens (including phenoxy) is 1. The number of imide groups is 1. The summed E-state index contributed by atoms with van der Waals surface area (Å²) in [6.45, 7) is 4.79.